The molecule has 8 nitrogen and oxygen atoms in total. The highest BCUT2D eigenvalue weighted by atomic mass is 19.4. The molecule has 12 heteroatoms. The second kappa shape index (κ2) is 7.78. The zero-order valence-electron chi connectivity index (χ0n) is 17.3. The standard InChI is InChI=1S/C21H18F4N6O2/c1-11-12-6-16(17(7-12)33-19-10-26-18(9-27-19)21(23,24)25)30(11)20(32)14-8-13(22)2-3-15(14)31-28-4-5-29-31/h2-5,8-12,16-17H,6-7H2,1H3/t11-,12-,16+,17-/m1/s1. The number of likely N-dealkylation sites (tertiary alicyclic amines) is 1. The first-order chi connectivity index (χ1) is 15.7. The summed E-state index contributed by atoms with van der Waals surface area (Å²) in [5, 5.41) is 8.08. The van der Waals surface area contributed by atoms with E-state index in [-0.39, 0.29) is 29.4 Å². The molecule has 2 aromatic heterocycles. The minimum atomic E-state index is -4.59. The van der Waals surface area contributed by atoms with Gasteiger partial charge >= 0.3 is 6.18 Å². The molecule has 1 amide bonds. The topological polar surface area (TPSA) is 86.0 Å². The van der Waals surface area contributed by atoms with Gasteiger partial charge in [0.1, 0.15) is 11.9 Å². The molecule has 1 aromatic carbocycles. The molecule has 3 heterocycles. The molecule has 1 aliphatic carbocycles. The average molecular weight is 462 g/mol. The number of fused-ring (bicyclic) bond motifs is 2. The van der Waals surface area contributed by atoms with Crippen molar-refractivity contribution in [3.05, 3.63) is 60.1 Å². The van der Waals surface area contributed by atoms with Crippen LogP contribution in [0.1, 0.15) is 35.8 Å². The number of alkyl halides is 3. The van der Waals surface area contributed by atoms with Crippen LogP contribution < -0.4 is 4.74 Å². The normalized spacial score (nSPS) is 24.3. The molecule has 2 aliphatic rings. The zero-order valence-corrected chi connectivity index (χ0v) is 17.3. The Hall–Kier alpha value is -3.57. The summed E-state index contributed by atoms with van der Waals surface area (Å²) in [7, 11) is 0. The average Bonchev–Trinajstić information content (AvgIpc) is 3.50. The fourth-order valence-electron chi connectivity index (χ4n) is 4.70. The van der Waals surface area contributed by atoms with Crippen molar-refractivity contribution in [3.8, 4) is 11.6 Å². The lowest BCUT2D eigenvalue weighted by Crippen LogP contribution is -2.51. The van der Waals surface area contributed by atoms with E-state index in [4.69, 9.17) is 4.74 Å². The van der Waals surface area contributed by atoms with E-state index in [1.807, 2.05) is 6.92 Å². The lowest BCUT2D eigenvalue weighted by Gasteiger charge is -2.37. The SMILES string of the molecule is C[C@@H]1[C@H]2C[C@@H](Oc3cnc(C(F)(F)F)cn3)[C@H](C2)N1C(=O)c1cc(F)ccc1-n1nccn1. The third kappa shape index (κ3) is 3.79. The van der Waals surface area contributed by atoms with Gasteiger partial charge in [0.05, 0.1) is 42.1 Å². The van der Waals surface area contributed by atoms with Crippen molar-refractivity contribution in [3.63, 3.8) is 0 Å². The zero-order chi connectivity index (χ0) is 23.3. The van der Waals surface area contributed by atoms with Crippen LogP contribution in [0, 0.1) is 11.7 Å². The van der Waals surface area contributed by atoms with E-state index in [9.17, 15) is 22.4 Å². The predicted octanol–water partition coefficient (Wildman–Crippen LogP) is 3.29. The van der Waals surface area contributed by atoms with Crippen molar-refractivity contribution in [2.45, 2.75) is 44.1 Å². The molecule has 0 N–H and O–H groups in total. The largest absolute Gasteiger partial charge is 0.471 e. The van der Waals surface area contributed by atoms with Crippen LogP contribution in [0.5, 0.6) is 5.88 Å². The van der Waals surface area contributed by atoms with Crippen LogP contribution in [0.15, 0.2) is 43.0 Å². The van der Waals surface area contributed by atoms with Crippen molar-refractivity contribution in [1.29, 1.82) is 0 Å². The summed E-state index contributed by atoms with van der Waals surface area (Å²) in [6.45, 7) is 1.92. The molecule has 1 aliphatic heterocycles. The van der Waals surface area contributed by atoms with Gasteiger partial charge in [-0.3, -0.25) is 4.79 Å². The third-order valence-electron chi connectivity index (χ3n) is 6.24. The number of amides is 1. The van der Waals surface area contributed by atoms with Gasteiger partial charge in [0.15, 0.2) is 5.69 Å². The summed E-state index contributed by atoms with van der Waals surface area (Å²) < 4.78 is 58.1. The molecule has 4 atom stereocenters. The molecule has 33 heavy (non-hydrogen) atoms. The quantitative estimate of drug-likeness (QED) is 0.554. The van der Waals surface area contributed by atoms with Crippen LogP contribution in [0.25, 0.3) is 5.69 Å². The molecule has 0 spiro atoms. The monoisotopic (exact) mass is 462 g/mol. The van der Waals surface area contributed by atoms with Gasteiger partial charge < -0.3 is 9.64 Å². The van der Waals surface area contributed by atoms with Crippen molar-refractivity contribution in [2.75, 3.05) is 0 Å². The predicted molar refractivity (Wildman–Crippen MR) is 105 cm³/mol. The van der Waals surface area contributed by atoms with Crippen LogP contribution in [0.3, 0.4) is 0 Å². The lowest BCUT2D eigenvalue weighted by atomic mass is 9.98. The Morgan fingerprint density at radius 3 is 2.52 bits per heavy atom. The fraction of sp³-hybridized carbons (Fsp3) is 0.381. The summed E-state index contributed by atoms with van der Waals surface area (Å²) >= 11 is 0. The van der Waals surface area contributed by atoms with Gasteiger partial charge in [-0.15, -0.1) is 0 Å². The molecule has 0 radical (unpaired) electrons. The summed E-state index contributed by atoms with van der Waals surface area (Å²) in [4.78, 5) is 23.5. The molecular weight excluding hydrogens is 444 g/mol. The molecule has 1 saturated carbocycles. The number of carbonyl (C=O) groups excluding carboxylic acids is 1. The van der Waals surface area contributed by atoms with Crippen molar-refractivity contribution >= 4 is 5.91 Å². The first-order valence-corrected chi connectivity index (χ1v) is 10.3. The highest BCUT2D eigenvalue weighted by Crippen LogP contribution is 2.44. The summed E-state index contributed by atoms with van der Waals surface area (Å²) in [5.74, 6) is -0.883. The fourth-order valence-corrected chi connectivity index (χ4v) is 4.70. The Morgan fingerprint density at radius 1 is 1.12 bits per heavy atom. The minimum Gasteiger partial charge on any atom is -0.471 e. The second-order valence-electron chi connectivity index (χ2n) is 8.13. The van der Waals surface area contributed by atoms with E-state index in [1.54, 1.807) is 4.90 Å². The number of benzene rings is 1. The summed E-state index contributed by atoms with van der Waals surface area (Å²) in [5.41, 5.74) is -0.662. The Bertz CT molecular complexity index is 1170. The first kappa shape index (κ1) is 21.3. The second-order valence-corrected chi connectivity index (χ2v) is 8.13. The maximum atomic E-state index is 14.1. The van der Waals surface area contributed by atoms with Crippen LogP contribution in [-0.4, -0.2) is 54.0 Å². The summed E-state index contributed by atoms with van der Waals surface area (Å²) in [6, 6.07) is 3.35. The van der Waals surface area contributed by atoms with E-state index in [0.29, 0.717) is 24.7 Å². The summed E-state index contributed by atoms with van der Waals surface area (Å²) in [6.07, 6.45) is 0.664. The number of nitrogens with zero attached hydrogens (tertiary/aromatic N) is 6. The first-order valence-electron chi connectivity index (χ1n) is 10.3. The van der Waals surface area contributed by atoms with Gasteiger partial charge in [-0.2, -0.15) is 28.2 Å². The number of aromatic nitrogens is 5. The van der Waals surface area contributed by atoms with E-state index in [2.05, 4.69) is 20.2 Å². The molecule has 0 unspecified atom stereocenters. The maximum absolute atomic E-state index is 14.1. The molecule has 1 saturated heterocycles. The van der Waals surface area contributed by atoms with E-state index < -0.39 is 29.7 Å². The van der Waals surface area contributed by atoms with Crippen molar-refractivity contribution < 1.29 is 27.1 Å². The van der Waals surface area contributed by atoms with Crippen LogP contribution in [0.2, 0.25) is 0 Å². The maximum Gasteiger partial charge on any atom is 0.434 e. The van der Waals surface area contributed by atoms with Gasteiger partial charge in [-0.25, -0.2) is 14.4 Å². The number of piperidine rings is 1. The Balaban J connectivity index is 1.40. The number of carbonyl (C=O) groups is 1. The Kier molecular flexibility index (Phi) is 5.02. The highest BCUT2D eigenvalue weighted by molar-refractivity contribution is 5.98. The number of hydrogen-bond donors (Lipinski definition) is 0. The number of ether oxygens (including phenoxy) is 1. The van der Waals surface area contributed by atoms with Gasteiger partial charge in [-0.1, -0.05) is 0 Å². The molecule has 3 aromatic rings. The highest BCUT2D eigenvalue weighted by Gasteiger charge is 2.53. The molecule has 2 bridgehead atoms. The molecule has 172 valence electrons. The third-order valence-corrected chi connectivity index (χ3v) is 6.24. The van der Waals surface area contributed by atoms with E-state index in [1.165, 1.54) is 29.3 Å². The van der Waals surface area contributed by atoms with Gasteiger partial charge in [0.2, 0.25) is 5.88 Å². The van der Waals surface area contributed by atoms with Crippen molar-refractivity contribution in [2.24, 2.45) is 5.92 Å². The minimum absolute atomic E-state index is 0.0483. The van der Waals surface area contributed by atoms with Crippen molar-refractivity contribution in [1.82, 2.24) is 29.9 Å². The Labute approximate surface area is 185 Å². The lowest BCUT2D eigenvalue weighted by molar-refractivity contribution is -0.141. The van der Waals surface area contributed by atoms with E-state index in [0.717, 1.165) is 12.3 Å². The number of rotatable bonds is 4. The molecule has 2 fully saturated rings. The number of halogens is 4. The number of hydrogen-bond acceptors (Lipinski definition) is 6. The van der Waals surface area contributed by atoms with Crippen LogP contribution in [-0.2, 0) is 6.18 Å². The Morgan fingerprint density at radius 2 is 1.88 bits per heavy atom. The smallest absolute Gasteiger partial charge is 0.434 e. The van der Waals surface area contributed by atoms with Gasteiger partial charge in [0.25, 0.3) is 5.91 Å². The molecule has 5 rings (SSSR count). The molecular formula is C21H18F4N6O2. The van der Waals surface area contributed by atoms with Gasteiger partial charge in [-0.05, 0) is 43.9 Å². The van der Waals surface area contributed by atoms with Crippen LogP contribution >= 0.6 is 0 Å². The van der Waals surface area contributed by atoms with Crippen LogP contribution in [0.4, 0.5) is 17.6 Å². The van der Waals surface area contributed by atoms with Gasteiger partial charge in [0, 0.05) is 6.04 Å². The van der Waals surface area contributed by atoms with E-state index >= 15 is 0 Å².